The van der Waals surface area contributed by atoms with Crippen LogP contribution >= 0.6 is 0 Å². The molecular formula is C26H20N2O4. The van der Waals surface area contributed by atoms with E-state index in [-0.39, 0.29) is 21.5 Å². The van der Waals surface area contributed by atoms with Gasteiger partial charge in [-0.2, -0.15) is 0 Å². The first kappa shape index (κ1) is 19.9. The maximum Gasteiger partial charge on any atom is 0.262 e. The van der Waals surface area contributed by atoms with E-state index in [1.54, 1.807) is 13.8 Å². The molecule has 0 radical (unpaired) electrons. The molecule has 2 aromatic heterocycles. The van der Waals surface area contributed by atoms with Crippen molar-refractivity contribution in [1.29, 1.82) is 0 Å². The minimum Gasteiger partial charge on any atom is -0.269 e. The molecule has 2 heterocycles. The highest BCUT2D eigenvalue weighted by Gasteiger charge is 2.24. The Morgan fingerprint density at radius 1 is 0.500 bits per heavy atom. The highest BCUT2D eigenvalue weighted by atomic mass is 16.2. The van der Waals surface area contributed by atoms with Crippen LogP contribution in [0.2, 0.25) is 0 Å². The van der Waals surface area contributed by atoms with Crippen molar-refractivity contribution in [3.05, 3.63) is 125 Å². The van der Waals surface area contributed by atoms with Gasteiger partial charge in [0.15, 0.2) is 0 Å². The molecule has 0 saturated carbocycles. The molecule has 5 rings (SSSR count). The Morgan fingerprint density at radius 2 is 0.781 bits per heavy atom. The number of hydrogen-bond acceptors (Lipinski definition) is 4. The summed E-state index contributed by atoms with van der Waals surface area (Å²) in [7, 11) is 0. The maximum atomic E-state index is 13.1. The first-order chi connectivity index (χ1) is 15.4. The molecule has 6 nitrogen and oxygen atoms in total. The van der Waals surface area contributed by atoms with Crippen molar-refractivity contribution in [3.63, 3.8) is 0 Å². The van der Waals surface area contributed by atoms with Gasteiger partial charge in [-0.1, -0.05) is 60.7 Å². The monoisotopic (exact) mass is 424 g/mol. The Bertz CT molecular complexity index is 1470. The third-order valence-electron chi connectivity index (χ3n) is 6.29. The molecule has 0 aliphatic carbocycles. The molecule has 158 valence electrons. The molecule has 0 bridgehead atoms. The van der Waals surface area contributed by atoms with Crippen molar-refractivity contribution in [2.24, 2.45) is 0 Å². The zero-order valence-electron chi connectivity index (χ0n) is 17.6. The van der Waals surface area contributed by atoms with Gasteiger partial charge in [-0.15, -0.1) is 0 Å². The van der Waals surface area contributed by atoms with E-state index in [1.807, 2.05) is 60.7 Å². The van der Waals surface area contributed by atoms with Crippen molar-refractivity contribution in [3.8, 4) is 0 Å². The largest absolute Gasteiger partial charge is 0.269 e. The highest BCUT2D eigenvalue weighted by Crippen LogP contribution is 2.21. The van der Waals surface area contributed by atoms with Crippen molar-refractivity contribution in [2.45, 2.75) is 25.9 Å². The first-order valence-electron chi connectivity index (χ1n) is 10.4. The Kier molecular flexibility index (Phi) is 4.51. The minimum atomic E-state index is -0.473. The Hall–Kier alpha value is -4.06. The van der Waals surface area contributed by atoms with Gasteiger partial charge in [0.1, 0.15) is 0 Å². The van der Waals surface area contributed by atoms with Crippen LogP contribution in [0.25, 0.3) is 21.5 Å². The Balaban J connectivity index is 1.75. The number of nitrogens with zero attached hydrogens (tertiary/aromatic N) is 2. The zero-order chi connectivity index (χ0) is 22.6. The second-order valence-corrected chi connectivity index (χ2v) is 8.08. The van der Waals surface area contributed by atoms with Crippen LogP contribution in [0.3, 0.4) is 0 Å². The van der Waals surface area contributed by atoms with E-state index in [0.29, 0.717) is 0 Å². The third-order valence-corrected chi connectivity index (χ3v) is 6.29. The normalized spacial score (nSPS) is 13.6. The summed E-state index contributed by atoms with van der Waals surface area (Å²) in [4.78, 5) is 52.6. The fourth-order valence-electron chi connectivity index (χ4n) is 4.48. The number of hydrogen-bond donors (Lipinski definition) is 0. The van der Waals surface area contributed by atoms with Gasteiger partial charge in [-0.05, 0) is 37.1 Å². The molecule has 2 atom stereocenters. The average molecular weight is 424 g/mol. The highest BCUT2D eigenvalue weighted by molar-refractivity contribution is 5.97. The topological polar surface area (TPSA) is 78.1 Å². The summed E-state index contributed by atoms with van der Waals surface area (Å²) >= 11 is 0. The summed E-state index contributed by atoms with van der Waals surface area (Å²) in [5.41, 5.74) is -0.190. The van der Waals surface area contributed by atoms with Gasteiger partial charge in [0.2, 0.25) is 0 Å². The van der Waals surface area contributed by atoms with Crippen LogP contribution in [-0.2, 0) is 0 Å². The molecule has 0 aliphatic heterocycles. The van der Waals surface area contributed by atoms with E-state index in [4.69, 9.17) is 0 Å². The molecule has 0 fully saturated rings. The zero-order valence-corrected chi connectivity index (χ0v) is 17.6. The lowest BCUT2D eigenvalue weighted by Crippen LogP contribution is -2.29. The van der Waals surface area contributed by atoms with Gasteiger partial charge in [0.05, 0.1) is 33.6 Å². The van der Waals surface area contributed by atoms with Crippen LogP contribution < -0.4 is 22.2 Å². The van der Waals surface area contributed by atoms with E-state index in [9.17, 15) is 19.2 Å². The third kappa shape index (κ3) is 2.80. The van der Waals surface area contributed by atoms with Crippen molar-refractivity contribution in [2.75, 3.05) is 0 Å². The fourth-order valence-corrected chi connectivity index (χ4v) is 4.48. The molecule has 3 aromatic carbocycles. The molecule has 1 unspecified atom stereocenters. The smallest absolute Gasteiger partial charge is 0.262 e. The van der Waals surface area contributed by atoms with E-state index >= 15 is 0 Å². The van der Waals surface area contributed by atoms with E-state index in [2.05, 4.69) is 0 Å². The summed E-state index contributed by atoms with van der Waals surface area (Å²) in [6, 6.07) is 20.4. The standard InChI is InChI=1S/C26H20N2O4/c1-15(17-9-5-3-6-10-17)27-23(29)19-13-21-22(14-20(19)24(27)30)26(32)28(25(21)31)16(2)18-11-7-4-8-12-18/h3-16H,1-2H3/t15-,16?/m0/s1. The second kappa shape index (κ2) is 7.27. The first-order valence-corrected chi connectivity index (χ1v) is 10.4. The van der Waals surface area contributed by atoms with Gasteiger partial charge in [0.25, 0.3) is 22.2 Å². The molecule has 0 spiro atoms. The van der Waals surface area contributed by atoms with Crippen LogP contribution in [0.4, 0.5) is 0 Å². The molecule has 0 N–H and O–H groups in total. The van der Waals surface area contributed by atoms with Crippen LogP contribution in [0.1, 0.15) is 37.1 Å². The maximum absolute atomic E-state index is 13.1. The molecule has 0 amide bonds. The Morgan fingerprint density at radius 3 is 1.06 bits per heavy atom. The van der Waals surface area contributed by atoms with E-state index in [1.165, 1.54) is 21.3 Å². The van der Waals surface area contributed by atoms with Gasteiger partial charge < -0.3 is 0 Å². The fraction of sp³-hybridized carbons (Fsp3) is 0.154. The predicted octanol–water partition coefficient (Wildman–Crippen LogP) is 3.13. The van der Waals surface area contributed by atoms with Gasteiger partial charge in [-0.3, -0.25) is 28.3 Å². The molecule has 6 heteroatoms. The summed E-state index contributed by atoms with van der Waals surface area (Å²) < 4.78 is 2.38. The summed E-state index contributed by atoms with van der Waals surface area (Å²) in [5, 5.41) is 0.637. The van der Waals surface area contributed by atoms with Gasteiger partial charge >= 0.3 is 0 Å². The van der Waals surface area contributed by atoms with Crippen LogP contribution in [-0.4, -0.2) is 9.13 Å². The molecular weight excluding hydrogens is 404 g/mol. The van der Waals surface area contributed by atoms with Gasteiger partial charge in [0, 0.05) is 0 Å². The van der Waals surface area contributed by atoms with Crippen molar-refractivity contribution < 1.29 is 0 Å². The number of aromatic nitrogens is 2. The SMILES string of the molecule is CC(c1ccccc1)n1c(=O)c2cc3c(=O)n([C@@H](C)c4ccccc4)c(=O)c3cc2c1=O. The lowest BCUT2D eigenvalue weighted by Gasteiger charge is -2.11. The van der Waals surface area contributed by atoms with E-state index in [0.717, 1.165) is 11.1 Å². The van der Waals surface area contributed by atoms with Crippen LogP contribution in [0, 0.1) is 0 Å². The summed E-state index contributed by atoms with van der Waals surface area (Å²) in [6.45, 7) is 3.56. The lowest BCUT2D eigenvalue weighted by atomic mass is 10.1. The predicted molar refractivity (Wildman–Crippen MR) is 125 cm³/mol. The van der Waals surface area contributed by atoms with Crippen LogP contribution in [0.15, 0.2) is 92.0 Å². The Labute approximate surface area is 182 Å². The van der Waals surface area contributed by atoms with Gasteiger partial charge in [-0.25, -0.2) is 0 Å². The molecule has 5 aromatic rings. The quantitative estimate of drug-likeness (QED) is 0.444. The van der Waals surface area contributed by atoms with Crippen molar-refractivity contribution >= 4 is 21.5 Å². The van der Waals surface area contributed by atoms with Crippen LogP contribution in [0.5, 0.6) is 0 Å². The molecule has 0 saturated heterocycles. The summed E-state index contributed by atoms with van der Waals surface area (Å²) in [5.74, 6) is 0. The number of fused-ring (bicyclic) bond motifs is 2. The molecule has 32 heavy (non-hydrogen) atoms. The molecule has 0 aliphatic rings. The number of rotatable bonds is 4. The second-order valence-electron chi connectivity index (χ2n) is 8.08. The average Bonchev–Trinajstić information content (AvgIpc) is 3.22. The number of benzene rings is 3. The van der Waals surface area contributed by atoms with E-state index < -0.39 is 34.3 Å². The minimum absolute atomic E-state index is 0.159. The van der Waals surface area contributed by atoms with Crippen molar-refractivity contribution in [1.82, 2.24) is 9.13 Å². The lowest BCUT2D eigenvalue weighted by molar-refractivity contribution is 0.609. The summed E-state index contributed by atoms with van der Waals surface area (Å²) in [6.07, 6.45) is 0.